The minimum atomic E-state index is -0.934. The molecule has 1 amide bonds. The van der Waals surface area contributed by atoms with Crippen molar-refractivity contribution >= 4 is 24.3 Å². The Bertz CT molecular complexity index is 271. The number of carboxylic acid groups (broad SMARTS) is 1. The molecule has 0 saturated carbocycles. The number of hydrogen-bond donors (Lipinski definition) is 2. The van der Waals surface area contributed by atoms with Gasteiger partial charge in [0.05, 0.1) is 6.04 Å². The van der Waals surface area contributed by atoms with Gasteiger partial charge in [0.1, 0.15) is 6.04 Å². The van der Waals surface area contributed by atoms with Gasteiger partial charge in [0.15, 0.2) is 0 Å². The van der Waals surface area contributed by atoms with Gasteiger partial charge >= 0.3 is 5.97 Å². The van der Waals surface area contributed by atoms with Gasteiger partial charge in [-0.25, -0.2) is 4.79 Å². The molecule has 0 spiro atoms. The molecule has 1 heterocycles. The van der Waals surface area contributed by atoms with Crippen LogP contribution >= 0.6 is 12.4 Å². The van der Waals surface area contributed by atoms with Gasteiger partial charge in [0.2, 0.25) is 5.91 Å². The lowest BCUT2D eigenvalue weighted by molar-refractivity contribution is -0.149. The molecule has 0 aromatic carbocycles. The second-order valence-electron chi connectivity index (χ2n) is 4.30. The Balaban J connectivity index is 0.00000225. The fourth-order valence-corrected chi connectivity index (χ4v) is 1.76. The Morgan fingerprint density at radius 1 is 1.44 bits per heavy atom. The Morgan fingerprint density at radius 3 is 2.44 bits per heavy atom. The van der Waals surface area contributed by atoms with E-state index in [0.29, 0.717) is 13.0 Å². The molecule has 0 radical (unpaired) electrons. The van der Waals surface area contributed by atoms with E-state index in [4.69, 9.17) is 10.8 Å². The summed E-state index contributed by atoms with van der Waals surface area (Å²) in [5.41, 5.74) is 5.72. The highest BCUT2D eigenvalue weighted by Gasteiger charge is 2.36. The third kappa shape index (κ3) is 3.09. The number of carbonyl (C=O) groups is 2. The average Bonchev–Trinajstić information content (AvgIpc) is 2.63. The summed E-state index contributed by atoms with van der Waals surface area (Å²) in [5, 5.41) is 8.92. The van der Waals surface area contributed by atoms with Crippen LogP contribution in [0.4, 0.5) is 0 Å². The van der Waals surface area contributed by atoms with Crippen molar-refractivity contribution in [3.63, 3.8) is 0 Å². The summed E-state index contributed by atoms with van der Waals surface area (Å²) in [6.07, 6.45) is 1.28. The van der Waals surface area contributed by atoms with Crippen molar-refractivity contribution < 1.29 is 14.7 Å². The van der Waals surface area contributed by atoms with E-state index in [-0.39, 0.29) is 24.2 Å². The van der Waals surface area contributed by atoms with Crippen LogP contribution in [-0.2, 0) is 9.59 Å². The first kappa shape index (κ1) is 15.2. The van der Waals surface area contributed by atoms with E-state index in [2.05, 4.69) is 0 Å². The van der Waals surface area contributed by atoms with Crippen LogP contribution in [0.15, 0.2) is 0 Å². The smallest absolute Gasteiger partial charge is 0.326 e. The monoisotopic (exact) mass is 250 g/mol. The number of nitrogens with zero attached hydrogens (tertiary/aromatic N) is 1. The number of nitrogens with two attached hydrogens (primary N) is 1. The number of rotatable bonds is 3. The quantitative estimate of drug-likeness (QED) is 0.763. The van der Waals surface area contributed by atoms with Crippen molar-refractivity contribution in [1.29, 1.82) is 0 Å². The highest BCUT2D eigenvalue weighted by Crippen LogP contribution is 2.19. The van der Waals surface area contributed by atoms with Crippen LogP contribution < -0.4 is 5.73 Å². The second-order valence-corrected chi connectivity index (χ2v) is 4.30. The number of carbonyl (C=O) groups excluding carboxylic acids is 1. The molecule has 1 aliphatic rings. The first-order chi connectivity index (χ1) is 6.95. The third-order valence-corrected chi connectivity index (χ3v) is 2.82. The van der Waals surface area contributed by atoms with Crippen LogP contribution in [0.25, 0.3) is 0 Å². The van der Waals surface area contributed by atoms with E-state index in [1.807, 2.05) is 13.8 Å². The fourth-order valence-electron chi connectivity index (χ4n) is 1.76. The maximum absolute atomic E-state index is 11.8. The maximum Gasteiger partial charge on any atom is 0.326 e. The van der Waals surface area contributed by atoms with Crippen molar-refractivity contribution in [2.24, 2.45) is 11.7 Å². The Hall–Kier alpha value is -0.810. The van der Waals surface area contributed by atoms with Crippen LogP contribution in [0.1, 0.15) is 26.7 Å². The number of halogens is 1. The SMILES string of the molecule is CC(C)[C@@H](N)C(=O)N1CCCC1C(=O)O.Cl. The van der Waals surface area contributed by atoms with E-state index in [9.17, 15) is 9.59 Å². The van der Waals surface area contributed by atoms with Crippen LogP contribution in [0, 0.1) is 5.92 Å². The highest BCUT2D eigenvalue weighted by molar-refractivity contribution is 5.87. The minimum absolute atomic E-state index is 0. The molecule has 0 aromatic rings. The molecule has 94 valence electrons. The van der Waals surface area contributed by atoms with Gasteiger partial charge in [-0.1, -0.05) is 13.8 Å². The minimum Gasteiger partial charge on any atom is -0.480 e. The van der Waals surface area contributed by atoms with E-state index >= 15 is 0 Å². The first-order valence-electron chi connectivity index (χ1n) is 5.24. The molecule has 0 aliphatic carbocycles. The predicted molar refractivity (Wildman–Crippen MR) is 62.4 cm³/mol. The number of aliphatic carboxylic acids is 1. The molecule has 6 heteroatoms. The zero-order valence-corrected chi connectivity index (χ0v) is 10.4. The summed E-state index contributed by atoms with van der Waals surface area (Å²) in [6.45, 7) is 4.22. The lowest BCUT2D eigenvalue weighted by atomic mass is 10.0. The number of hydrogen-bond acceptors (Lipinski definition) is 3. The zero-order chi connectivity index (χ0) is 11.6. The molecule has 3 N–H and O–H groups in total. The van der Waals surface area contributed by atoms with E-state index in [0.717, 1.165) is 6.42 Å². The van der Waals surface area contributed by atoms with Gasteiger partial charge in [-0.05, 0) is 18.8 Å². The standard InChI is InChI=1S/C10H18N2O3.ClH/c1-6(2)8(11)9(13)12-5-3-4-7(12)10(14)15;/h6-8H,3-5,11H2,1-2H3,(H,14,15);1H/t7?,8-;/m1./s1. The van der Waals surface area contributed by atoms with Crippen LogP contribution in [0.5, 0.6) is 0 Å². The molecular formula is C10H19ClN2O3. The molecule has 1 saturated heterocycles. The summed E-state index contributed by atoms with van der Waals surface area (Å²) >= 11 is 0. The predicted octanol–water partition coefficient (Wildman–Crippen LogP) is 0.467. The fraction of sp³-hybridized carbons (Fsp3) is 0.800. The van der Waals surface area contributed by atoms with Gasteiger partial charge in [-0.2, -0.15) is 0 Å². The van der Waals surface area contributed by atoms with E-state index in [1.165, 1.54) is 4.90 Å². The number of likely N-dealkylation sites (tertiary alicyclic amines) is 1. The molecule has 1 aliphatic heterocycles. The van der Waals surface area contributed by atoms with Crippen molar-refractivity contribution in [1.82, 2.24) is 4.90 Å². The lowest BCUT2D eigenvalue weighted by Gasteiger charge is -2.26. The normalized spacial score (nSPS) is 21.8. The van der Waals surface area contributed by atoms with Crippen LogP contribution in [0.2, 0.25) is 0 Å². The molecular weight excluding hydrogens is 232 g/mol. The molecule has 16 heavy (non-hydrogen) atoms. The number of carboxylic acids is 1. The van der Waals surface area contributed by atoms with Gasteiger partial charge in [-0.15, -0.1) is 12.4 Å². The Labute approximate surface area is 101 Å². The molecule has 0 aromatic heterocycles. The summed E-state index contributed by atoms with van der Waals surface area (Å²) in [6, 6.07) is -1.27. The van der Waals surface area contributed by atoms with E-state index < -0.39 is 18.1 Å². The molecule has 5 nitrogen and oxygen atoms in total. The van der Waals surface area contributed by atoms with Crippen LogP contribution in [0.3, 0.4) is 0 Å². The van der Waals surface area contributed by atoms with Crippen molar-refractivity contribution in [2.45, 2.75) is 38.8 Å². The average molecular weight is 251 g/mol. The van der Waals surface area contributed by atoms with Gasteiger partial charge in [0.25, 0.3) is 0 Å². The summed E-state index contributed by atoms with van der Waals surface area (Å²) in [7, 11) is 0. The summed E-state index contributed by atoms with van der Waals surface area (Å²) < 4.78 is 0. The topological polar surface area (TPSA) is 83.6 Å². The summed E-state index contributed by atoms with van der Waals surface area (Å²) in [5.74, 6) is -1.14. The third-order valence-electron chi connectivity index (χ3n) is 2.82. The Kier molecular flexibility index (Phi) is 5.75. The highest BCUT2D eigenvalue weighted by atomic mass is 35.5. The van der Waals surface area contributed by atoms with Crippen molar-refractivity contribution in [3.05, 3.63) is 0 Å². The molecule has 2 atom stereocenters. The zero-order valence-electron chi connectivity index (χ0n) is 9.55. The Morgan fingerprint density at radius 2 is 2.00 bits per heavy atom. The molecule has 1 unspecified atom stereocenters. The maximum atomic E-state index is 11.8. The van der Waals surface area contributed by atoms with Crippen molar-refractivity contribution in [3.8, 4) is 0 Å². The lowest BCUT2D eigenvalue weighted by Crippen LogP contribution is -2.50. The van der Waals surface area contributed by atoms with Gasteiger partial charge < -0.3 is 15.7 Å². The first-order valence-corrected chi connectivity index (χ1v) is 5.24. The molecule has 1 rings (SSSR count). The molecule has 1 fully saturated rings. The largest absolute Gasteiger partial charge is 0.480 e. The van der Waals surface area contributed by atoms with E-state index in [1.54, 1.807) is 0 Å². The van der Waals surface area contributed by atoms with Gasteiger partial charge in [0, 0.05) is 6.54 Å². The van der Waals surface area contributed by atoms with Crippen LogP contribution in [-0.4, -0.2) is 40.5 Å². The van der Waals surface area contributed by atoms with Gasteiger partial charge in [-0.3, -0.25) is 4.79 Å². The number of amides is 1. The molecule has 0 bridgehead atoms. The summed E-state index contributed by atoms with van der Waals surface area (Å²) in [4.78, 5) is 24.1. The second kappa shape index (κ2) is 6.06. The van der Waals surface area contributed by atoms with Crippen molar-refractivity contribution in [2.75, 3.05) is 6.54 Å².